The van der Waals surface area contributed by atoms with Crippen molar-refractivity contribution in [3.05, 3.63) is 24.3 Å². The molecule has 2 rings (SSSR count). The van der Waals surface area contributed by atoms with E-state index in [2.05, 4.69) is 5.32 Å². The molecule has 1 fully saturated rings. The fourth-order valence-electron chi connectivity index (χ4n) is 1.62. The normalized spacial score (nSPS) is 19.8. The van der Waals surface area contributed by atoms with Crippen LogP contribution in [0.3, 0.4) is 0 Å². The smallest absolute Gasteiger partial charge is 0.234 e. The van der Waals surface area contributed by atoms with Crippen LogP contribution in [0.15, 0.2) is 24.3 Å². The van der Waals surface area contributed by atoms with Gasteiger partial charge in [0.15, 0.2) is 0 Å². The highest BCUT2D eigenvalue weighted by Gasteiger charge is 2.51. The SMILES string of the molecule is COc1ccc(NC(=O)CSCC2CC2(Cl)Cl)cc1. The highest BCUT2D eigenvalue weighted by Crippen LogP contribution is 2.54. The summed E-state index contributed by atoms with van der Waals surface area (Å²) in [5.74, 6) is 2.29. The Hall–Kier alpha value is -0.580. The van der Waals surface area contributed by atoms with E-state index in [9.17, 15) is 4.79 Å². The second kappa shape index (κ2) is 6.25. The Kier molecular flexibility index (Phi) is 4.87. The molecule has 1 atom stereocenters. The fraction of sp³-hybridized carbons (Fsp3) is 0.462. The van der Waals surface area contributed by atoms with Crippen LogP contribution in [0.2, 0.25) is 0 Å². The molecule has 0 bridgehead atoms. The van der Waals surface area contributed by atoms with Gasteiger partial charge in [0.1, 0.15) is 10.1 Å². The van der Waals surface area contributed by atoms with Gasteiger partial charge in [-0.15, -0.1) is 23.2 Å². The summed E-state index contributed by atoms with van der Waals surface area (Å²) in [4.78, 5) is 11.7. The summed E-state index contributed by atoms with van der Waals surface area (Å²) in [6.45, 7) is 0. The molecule has 1 unspecified atom stereocenters. The molecule has 1 aromatic rings. The van der Waals surface area contributed by atoms with Gasteiger partial charge in [-0.05, 0) is 36.4 Å². The van der Waals surface area contributed by atoms with Gasteiger partial charge in [0.05, 0.1) is 12.9 Å². The van der Waals surface area contributed by atoms with Crippen LogP contribution in [0.5, 0.6) is 5.75 Å². The molecular formula is C13H15Cl2NO2S. The average Bonchev–Trinajstić information content (AvgIpc) is 2.98. The van der Waals surface area contributed by atoms with Crippen molar-refractivity contribution in [2.45, 2.75) is 10.8 Å². The van der Waals surface area contributed by atoms with Gasteiger partial charge in [0.25, 0.3) is 0 Å². The monoisotopic (exact) mass is 319 g/mol. The van der Waals surface area contributed by atoms with Crippen LogP contribution in [-0.2, 0) is 4.79 Å². The summed E-state index contributed by atoms with van der Waals surface area (Å²) >= 11 is 13.4. The molecule has 3 nitrogen and oxygen atoms in total. The van der Waals surface area contributed by atoms with Gasteiger partial charge in [-0.2, -0.15) is 11.8 Å². The second-order valence-electron chi connectivity index (χ2n) is 4.45. The molecule has 0 heterocycles. The second-order valence-corrected chi connectivity index (χ2v) is 7.03. The number of amides is 1. The van der Waals surface area contributed by atoms with Gasteiger partial charge in [0, 0.05) is 11.6 Å². The summed E-state index contributed by atoms with van der Waals surface area (Å²) in [6, 6.07) is 7.24. The van der Waals surface area contributed by atoms with Crippen molar-refractivity contribution >= 4 is 46.6 Å². The lowest BCUT2D eigenvalue weighted by molar-refractivity contribution is -0.113. The summed E-state index contributed by atoms with van der Waals surface area (Å²) in [5, 5.41) is 2.83. The topological polar surface area (TPSA) is 38.3 Å². The van der Waals surface area contributed by atoms with Crippen molar-refractivity contribution in [3.63, 3.8) is 0 Å². The molecule has 6 heteroatoms. The van der Waals surface area contributed by atoms with Crippen molar-refractivity contribution in [2.75, 3.05) is 23.9 Å². The lowest BCUT2D eigenvalue weighted by Crippen LogP contribution is -2.14. The van der Waals surface area contributed by atoms with E-state index in [1.165, 1.54) is 0 Å². The van der Waals surface area contributed by atoms with E-state index in [-0.39, 0.29) is 5.91 Å². The van der Waals surface area contributed by atoms with Crippen LogP contribution in [0.4, 0.5) is 5.69 Å². The van der Waals surface area contributed by atoms with E-state index in [0.717, 1.165) is 23.6 Å². The highest BCUT2D eigenvalue weighted by atomic mass is 35.5. The Labute approximate surface area is 127 Å². The van der Waals surface area contributed by atoms with E-state index < -0.39 is 4.33 Å². The molecular weight excluding hydrogens is 305 g/mol. The predicted molar refractivity (Wildman–Crippen MR) is 81.5 cm³/mol. The Balaban J connectivity index is 1.69. The summed E-state index contributed by atoms with van der Waals surface area (Å²) in [7, 11) is 1.61. The zero-order valence-electron chi connectivity index (χ0n) is 10.5. The number of carbonyl (C=O) groups is 1. The highest BCUT2D eigenvalue weighted by molar-refractivity contribution is 8.00. The molecule has 0 radical (unpaired) electrons. The number of carbonyl (C=O) groups excluding carboxylic acids is 1. The van der Waals surface area contributed by atoms with Gasteiger partial charge in [-0.1, -0.05) is 0 Å². The number of nitrogens with one attached hydrogen (secondary N) is 1. The van der Waals surface area contributed by atoms with E-state index in [0.29, 0.717) is 11.7 Å². The van der Waals surface area contributed by atoms with E-state index in [1.807, 2.05) is 24.3 Å². The van der Waals surface area contributed by atoms with Gasteiger partial charge in [-0.3, -0.25) is 4.79 Å². The maximum atomic E-state index is 11.7. The first-order valence-electron chi connectivity index (χ1n) is 5.91. The Morgan fingerprint density at radius 1 is 1.47 bits per heavy atom. The molecule has 1 saturated carbocycles. The first-order valence-corrected chi connectivity index (χ1v) is 7.82. The number of alkyl halides is 2. The van der Waals surface area contributed by atoms with Crippen molar-refractivity contribution in [3.8, 4) is 5.75 Å². The number of methoxy groups -OCH3 is 1. The molecule has 0 spiro atoms. The number of rotatable bonds is 6. The number of hydrogen-bond acceptors (Lipinski definition) is 3. The van der Waals surface area contributed by atoms with Crippen LogP contribution >= 0.6 is 35.0 Å². The van der Waals surface area contributed by atoms with Crippen molar-refractivity contribution in [2.24, 2.45) is 5.92 Å². The number of hydrogen-bond donors (Lipinski definition) is 1. The first kappa shape index (κ1) is 14.8. The van der Waals surface area contributed by atoms with Crippen molar-refractivity contribution in [1.82, 2.24) is 0 Å². The predicted octanol–water partition coefficient (Wildman–Crippen LogP) is 3.56. The minimum atomic E-state index is -0.556. The summed E-state index contributed by atoms with van der Waals surface area (Å²) in [6.07, 6.45) is 0.823. The first-order chi connectivity index (χ1) is 9.01. The molecule has 1 N–H and O–H groups in total. The molecule has 104 valence electrons. The van der Waals surface area contributed by atoms with Crippen LogP contribution in [0.25, 0.3) is 0 Å². The molecule has 0 aliphatic heterocycles. The zero-order valence-corrected chi connectivity index (χ0v) is 12.8. The van der Waals surface area contributed by atoms with Gasteiger partial charge in [-0.25, -0.2) is 0 Å². The van der Waals surface area contributed by atoms with E-state index >= 15 is 0 Å². The molecule has 0 saturated heterocycles. The van der Waals surface area contributed by atoms with Gasteiger partial charge >= 0.3 is 0 Å². The molecule has 0 aromatic heterocycles. The number of ether oxygens (including phenoxy) is 1. The Morgan fingerprint density at radius 3 is 2.63 bits per heavy atom. The van der Waals surface area contributed by atoms with Gasteiger partial charge in [0.2, 0.25) is 5.91 Å². The standard InChI is InChI=1S/C13H15Cl2NO2S/c1-18-11-4-2-10(3-5-11)16-12(17)8-19-7-9-6-13(9,14)15/h2-5,9H,6-8H2,1H3,(H,16,17). The maximum absolute atomic E-state index is 11.7. The average molecular weight is 320 g/mol. The van der Waals surface area contributed by atoms with Crippen molar-refractivity contribution < 1.29 is 9.53 Å². The summed E-state index contributed by atoms with van der Waals surface area (Å²) < 4.78 is 4.49. The minimum absolute atomic E-state index is 0.0226. The maximum Gasteiger partial charge on any atom is 0.234 e. The van der Waals surface area contributed by atoms with E-state index in [1.54, 1.807) is 18.9 Å². The summed E-state index contributed by atoms with van der Waals surface area (Å²) in [5.41, 5.74) is 0.766. The largest absolute Gasteiger partial charge is 0.497 e. The molecule has 1 aliphatic carbocycles. The number of halogens is 2. The van der Waals surface area contributed by atoms with Crippen LogP contribution in [-0.4, -0.2) is 28.9 Å². The van der Waals surface area contributed by atoms with Gasteiger partial charge < -0.3 is 10.1 Å². The lowest BCUT2D eigenvalue weighted by atomic mass is 10.3. The zero-order chi connectivity index (χ0) is 13.9. The third kappa shape index (κ3) is 4.48. The van der Waals surface area contributed by atoms with Crippen LogP contribution < -0.4 is 10.1 Å². The number of benzene rings is 1. The Bertz CT molecular complexity index is 450. The molecule has 1 aliphatic rings. The van der Waals surface area contributed by atoms with E-state index in [4.69, 9.17) is 27.9 Å². The molecule has 1 amide bonds. The third-order valence-electron chi connectivity index (χ3n) is 2.88. The third-order valence-corrected chi connectivity index (χ3v) is 4.91. The Morgan fingerprint density at radius 2 is 2.11 bits per heavy atom. The molecule has 19 heavy (non-hydrogen) atoms. The minimum Gasteiger partial charge on any atom is -0.497 e. The van der Waals surface area contributed by atoms with Crippen LogP contribution in [0, 0.1) is 5.92 Å². The van der Waals surface area contributed by atoms with Crippen molar-refractivity contribution in [1.29, 1.82) is 0 Å². The lowest BCUT2D eigenvalue weighted by Gasteiger charge is -2.06. The number of thioether (sulfide) groups is 1. The quantitative estimate of drug-likeness (QED) is 0.815. The van der Waals surface area contributed by atoms with Crippen LogP contribution in [0.1, 0.15) is 6.42 Å². The molecule has 1 aromatic carbocycles. The number of anilines is 1. The fourth-order valence-corrected chi connectivity index (χ4v) is 3.39.